The van der Waals surface area contributed by atoms with Gasteiger partial charge in [0.15, 0.2) is 11.5 Å². The lowest BCUT2D eigenvalue weighted by molar-refractivity contribution is -0.145. The molecule has 0 unspecified atom stereocenters. The van der Waals surface area contributed by atoms with Crippen molar-refractivity contribution in [3.8, 4) is 0 Å². The molecule has 3 rings (SSSR count). The van der Waals surface area contributed by atoms with Crippen LogP contribution in [0.15, 0.2) is 12.7 Å². The second-order valence-corrected chi connectivity index (χ2v) is 4.77. The van der Waals surface area contributed by atoms with Crippen LogP contribution in [0.4, 0.5) is 5.82 Å². The van der Waals surface area contributed by atoms with E-state index in [2.05, 4.69) is 15.0 Å². The molecular weight excluding hydrogens is 246 g/mol. The Hall–Kier alpha value is -2.18. The van der Waals surface area contributed by atoms with Crippen LogP contribution in [0.2, 0.25) is 0 Å². The molecule has 0 amide bonds. The summed E-state index contributed by atoms with van der Waals surface area (Å²) in [5.74, 6) is 0.207. The summed E-state index contributed by atoms with van der Waals surface area (Å²) in [5.41, 5.74) is 7.10. The van der Waals surface area contributed by atoms with Gasteiger partial charge in [0.2, 0.25) is 0 Å². The SMILES string of the molecule is COC(=O)[C@H]1CC[C@@H](n2cnc3c(N)ncnc32)C1. The average molecular weight is 261 g/mol. The first-order valence-corrected chi connectivity index (χ1v) is 6.21. The number of ether oxygens (including phenoxy) is 1. The Bertz CT molecular complexity index is 624. The lowest BCUT2D eigenvalue weighted by atomic mass is 10.1. The van der Waals surface area contributed by atoms with Gasteiger partial charge < -0.3 is 15.0 Å². The first-order chi connectivity index (χ1) is 9.20. The first kappa shape index (κ1) is 11.9. The number of nitrogens with two attached hydrogens (primary N) is 1. The van der Waals surface area contributed by atoms with Crippen molar-refractivity contribution in [3.63, 3.8) is 0 Å². The van der Waals surface area contributed by atoms with Crippen LogP contribution in [0.25, 0.3) is 11.2 Å². The highest BCUT2D eigenvalue weighted by Gasteiger charge is 2.32. The van der Waals surface area contributed by atoms with Crippen molar-refractivity contribution in [2.24, 2.45) is 5.92 Å². The second-order valence-electron chi connectivity index (χ2n) is 4.77. The number of hydrogen-bond acceptors (Lipinski definition) is 6. The van der Waals surface area contributed by atoms with Crippen LogP contribution in [0.1, 0.15) is 25.3 Å². The smallest absolute Gasteiger partial charge is 0.308 e. The molecule has 0 spiro atoms. The van der Waals surface area contributed by atoms with Crippen LogP contribution >= 0.6 is 0 Å². The third-order valence-corrected chi connectivity index (χ3v) is 3.72. The summed E-state index contributed by atoms with van der Waals surface area (Å²) in [7, 11) is 1.43. The summed E-state index contributed by atoms with van der Waals surface area (Å²) in [6.45, 7) is 0. The van der Waals surface area contributed by atoms with E-state index in [1.165, 1.54) is 13.4 Å². The van der Waals surface area contributed by atoms with Gasteiger partial charge in [-0.3, -0.25) is 4.79 Å². The molecular formula is C12H15N5O2. The first-order valence-electron chi connectivity index (χ1n) is 6.21. The normalized spacial score (nSPS) is 22.8. The molecule has 2 aromatic heterocycles. The molecule has 19 heavy (non-hydrogen) atoms. The van der Waals surface area contributed by atoms with Gasteiger partial charge in [-0.25, -0.2) is 15.0 Å². The van der Waals surface area contributed by atoms with Gasteiger partial charge in [0.25, 0.3) is 0 Å². The van der Waals surface area contributed by atoms with Gasteiger partial charge in [0, 0.05) is 6.04 Å². The average Bonchev–Trinajstić information content (AvgIpc) is 3.04. The van der Waals surface area contributed by atoms with E-state index in [0.717, 1.165) is 24.9 Å². The Morgan fingerprint density at radius 3 is 3.05 bits per heavy atom. The van der Waals surface area contributed by atoms with E-state index in [1.54, 1.807) is 6.33 Å². The van der Waals surface area contributed by atoms with Crippen LogP contribution in [-0.2, 0) is 9.53 Å². The summed E-state index contributed by atoms with van der Waals surface area (Å²) in [4.78, 5) is 24.0. The molecule has 7 nitrogen and oxygen atoms in total. The summed E-state index contributed by atoms with van der Waals surface area (Å²) in [5, 5.41) is 0. The Morgan fingerprint density at radius 2 is 2.26 bits per heavy atom. The number of rotatable bonds is 2. The minimum Gasteiger partial charge on any atom is -0.469 e. The fraction of sp³-hybridized carbons (Fsp3) is 0.500. The molecule has 1 aliphatic carbocycles. The monoisotopic (exact) mass is 261 g/mol. The van der Waals surface area contributed by atoms with Crippen LogP contribution in [0, 0.1) is 5.92 Å². The number of fused-ring (bicyclic) bond motifs is 1. The van der Waals surface area contributed by atoms with Gasteiger partial charge in [-0.05, 0) is 19.3 Å². The summed E-state index contributed by atoms with van der Waals surface area (Å²) >= 11 is 0. The third-order valence-electron chi connectivity index (χ3n) is 3.72. The molecule has 1 aliphatic rings. The van der Waals surface area contributed by atoms with E-state index in [1.807, 2.05) is 4.57 Å². The number of nitrogens with zero attached hydrogens (tertiary/aromatic N) is 4. The van der Waals surface area contributed by atoms with E-state index < -0.39 is 0 Å². The highest BCUT2D eigenvalue weighted by molar-refractivity contribution is 5.81. The van der Waals surface area contributed by atoms with Gasteiger partial charge in [0.05, 0.1) is 19.4 Å². The Labute approximate surface area is 109 Å². The summed E-state index contributed by atoms with van der Waals surface area (Å²) < 4.78 is 6.78. The van der Waals surface area contributed by atoms with Crippen LogP contribution in [0.5, 0.6) is 0 Å². The molecule has 2 atom stereocenters. The number of anilines is 1. The van der Waals surface area contributed by atoms with Crippen molar-refractivity contribution < 1.29 is 9.53 Å². The highest BCUT2D eigenvalue weighted by Crippen LogP contribution is 2.36. The van der Waals surface area contributed by atoms with Crippen LogP contribution < -0.4 is 5.73 Å². The van der Waals surface area contributed by atoms with Gasteiger partial charge in [0.1, 0.15) is 11.8 Å². The summed E-state index contributed by atoms with van der Waals surface area (Å²) in [6, 6.07) is 0.211. The molecule has 2 aromatic rings. The molecule has 0 aliphatic heterocycles. The zero-order valence-electron chi connectivity index (χ0n) is 10.6. The van der Waals surface area contributed by atoms with Crippen LogP contribution in [0.3, 0.4) is 0 Å². The molecule has 1 saturated carbocycles. The molecule has 2 heterocycles. The Kier molecular flexibility index (Phi) is 2.81. The highest BCUT2D eigenvalue weighted by atomic mass is 16.5. The quantitative estimate of drug-likeness (QED) is 0.808. The minimum atomic E-state index is -0.138. The zero-order chi connectivity index (χ0) is 13.4. The molecule has 0 bridgehead atoms. The maximum absolute atomic E-state index is 11.6. The molecule has 1 fully saturated rings. The number of nitrogen functional groups attached to an aromatic ring is 1. The molecule has 2 N–H and O–H groups in total. The lowest BCUT2D eigenvalue weighted by Gasteiger charge is -2.12. The standard InChI is InChI=1S/C12H15N5O2/c1-19-12(18)7-2-3-8(4-7)17-6-16-9-10(13)14-5-15-11(9)17/h5-8H,2-4H2,1H3,(H2,13,14,15)/t7-,8+/m0/s1. The van der Waals surface area contributed by atoms with Crippen molar-refractivity contribution in [2.45, 2.75) is 25.3 Å². The van der Waals surface area contributed by atoms with Gasteiger partial charge >= 0.3 is 5.97 Å². The Morgan fingerprint density at radius 1 is 1.42 bits per heavy atom. The number of carbonyl (C=O) groups excluding carboxylic acids is 1. The summed E-state index contributed by atoms with van der Waals surface area (Å²) in [6.07, 6.45) is 5.65. The van der Waals surface area contributed by atoms with Crippen molar-refractivity contribution in [1.82, 2.24) is 19.5 Å². The van der Waals surface area contributed by atoms with Crippen molar-refractivity contribution >= 4 is 23.0 Å². The van der Waals surface area contributed by atoms with E-state index >= 15 is 0 Å². The fourth-order valence-corrected chi connectivity index (χ4v) is 2.73. The topological polar surface area (TPSA) is 95.9 Å². The third kappa shape index (κ3) is 1.91. The van der Waals surface area contributed by atoms with E-state index in [-0.39, 0.29) is 17.9 Å². The van der Waals surface area contributed by atoms with Crippen molar-refractivity contribution in [2.75, 3.05) is 12.8 Å². The maximum Gasteiger partial charge on any atom is 0.308 e. The zero-order valence-corrected chi connectivity index (χ0v) is 10.6. The maximum atomic E-state index is 11.6. The van der Waals surface area contributed by atoms with Crippen LogP contribution in [-0.4, -0.2) is 32.6 Å². The predicted octanol–water partition coefficient (Wildman–Crippen LogP) is 0.923. The molecule has 0 radical (unpaired) electrons. The number of hydrogen-bond donors (Lipinski definition) is 1. The fourth-order valence-electron chi connectivity index (χ4n) is 2.73. The van der Waals surface area contributed by atoms with Crippen molar-refractivity contribution in [3.05, 3.63) is 12.7 Å². The molecule has 0 aromatic carbocycles. The van der Waals surface area contributed by atoms with Crippen molar-refractivity contribution in [1.29, 1.82) is 0 Å². The molecule has 100 valence electrons. The van der Waals surface area contributed by atoms with Gasteiger partial charge in [-0.15, -0.1) is 0 Å². The lowest BCUT2D eigenvalue weighted by Crippen LogP contribution is -2.13. The molecule has 0 saturated heterocycles. The Balaban J connectivity index is 1.90. The van der Waals surface area contributed by atoms with E-state index in [0.29, 0.717) is 11.3 Å². The number of imidazole rings is 1. The second kappa shape index (κ2) is 4.49. The number of methoxy groups -OCH3 is 1. The van der Waals surface area contributed by atoms with E-state index in [4.69, 9.17) is 10.5 Å². The minimum absolute atomic E-state index is 0.0355. The largest absolute Gasteiger partial charge is 0.469 e. The predicted molar refractivity (Wildman–Crippen MR) is 68.1 cm³/mol. The number of carbonyl (C=O) groups is 1. The van der Waals surface area contributed by atoms with Gasteiger partial charge in [-0.1, -0.05) is 0 Å². The van der Waals surface area contributed by atoms with Gasteiger partial charge in [-0.2, -0.15) is 0 Å². The number of aromatic nitrogens is 4. The number of esters is 1. The van der Waals surface area contributed by atoms with E-state index in [9.17, 15) is 4.79 Å². The molecule has 7 heteroatoms.